The molecule has 152 valence electrons. The smallest absolute Gasteiger partial charge is 0.0122 e. The van der Waals surface area contributed by atoms with Gasteiger partial charge in [-0.3, -0.25) is 0 Å². The van der Waals surface area contributed by atoms with Gasteiger partial charge in [0.25, 0.3) is 0 Å². The fourth-order valence-corrected chi connectivity index (χ4v) is 4.41. The minimum Gasteiger partial charge on any atom is -0.158 e. The van der Waals surface area contributed by atoms with E-state index < -0.39 is 0 Å². The summed E-state index contributed by atoms with van der Waals surface area (Å²) in [6, 6.07) is 21.5. The normalized spacial score (nSPS) is 10.8. The second-order valence-electron chi connectivity index (χ2n) is 7.61. The van der Waals surface area contributed by atoms with Crippen molar-refractivity contribution in [2.24, 2.45) is 0 Å². The lowest BCUT2D eigenvalue weighted by atomic mass is 9.98. The Morgan fingerprint density at radius 2 is 1.11 bits per heavy atom. The molecule has 2 aromatic rings. The quantitative estimate of drug-likeness (QED) is 0.272. The van der Waals surface area contributed by atoms with Crippen LogP contribution in [-0.4, -0.2) is 11.5 Å². The lowest BCUT2D eigenvalue weighted by Gasteiger charge is -2.09. The van der Waals surface area contributed by atoms with E-state index in [9.17, 15) is 0 Å². The zero-order chi connectivity index (χ0) is 19.7. The molecule has 0 saturated carbocycles. The topological polar surface area (TPSA) is 0 Å². The van der Waals surface area contributed by atoms with E-state index >= 15 is 0 Å². The first-order chi connectivity index (χ1) is 13.9. The molecule has 0 bridgehead atoms. The predicted octanol–water partition coefficient (Wildman–Crippen LogP) is 8.77. The van der Waals surface area contributed by atoms with E-state index in [0.717, 1.165) is 5.75 Å². The Morgan fingerprint density at radius 3 is 1.61 bits per heavy atom. The summed E-state index contributed by atoms with van der Waals surface area (Å²) in [6.45, 7) is 2.29. The van der Waals surface area contributed by atoms with Crippen LogP contribution in [0.5, 0.6) is 0 Å². The number of rotatable bonds is 15. The second kappa shape index (κ2) is 15.5. The maximum absolute atomic E-state index is 2.41. The van der Waals surface area contributed by atoms with Gasteiger partial charge in [0.1, 0.15) is 0 Å². The third-order valence-electron chi connectivity index (χ3n) is 5.22. The zero-order valence-electron chi connectivity index (χ0n) is 17.7. The van der Waals surface area contributed by atoms with E-state index in [1.165, 1.54) is 86.7 Å². The van der Waals surface area contributed by atoms with Crippen molar-refractivity contribution in [3.05, 3.63) is 77.9 Å². The predicted molar refractivity (Wildman–Crippen MR) is 129 cm³/mol. The van der Waals surface area contributed by atoms with Crippen molar-refractivity contribution in [3.63, 3.8) is 0 Å². The Kier molecular flexibility index (Phi) is 12.6. The van der Waals surface area contributed by atoms with Gasteiger partial charge < -0.3 is 0 Å². The van der Waals surface area contributed by atoms with Crippen molar-refractivity contribution in [3.8, 4) is 0 Å². The van der Waals surface area contributed by atoms with Crippen molar-refractivity contribution in [2.45, 2.75) is 71.1 Å². The maximum atomic E-state index is 2.41. The van der Waals surface area contributed by atoms with Gasteiger partial charge in [-0.15, -0.1) is 0 Å². The monoisotopic (exact) mass is 394 g/mol. The van der Waals surface area contributed by atoms with Crippen molar-refractivity contribution in [1.29, 1.82) is 0 Å². The molecule has 28 heavy (non-hydrogen) atoms. The van der Waals surface area contributed by atoms with E-state index in [0.29, 0.717) is 0 Å². The summed E-state index contributed by atoms with van der Waals surface area (Å²) >= 11 is 2.07. The molecule has 0 fully saturated rings. The Labute approximate surface area is 177 Å². The average Bonchev–Trinajstić information content (AvgIpc) is 2.75. The van der Waals surface area contributed by atoms with Crippen LogP contribution in [0.4, 0.5) is 0 Å². The van der Waals surface area contributed by atoms with Crippen LogP contribution in [0.25, 0.3) is 5.57 Å². The highest BCUT2D eigenvalue weighted by Crippen LogP contribution is 2.24. The van der Waals surface area contributed by atoms with Crippen LogP contribution in [0.15, 0.2) is 66.7 Å². The number of unbranched alkanes of at least 4 members (excludes halogenated alkanes) is 9. The molecule has 0 aromatic heterocycles. The molecule has 1 heteroatoms. The fraction of sp³-hybridized carbons (Fsp3) is 0.481. The first-order valence-electron chi connectivity index (χ1n) is 11.3. The summed E-state index contributed by atoms with van der Waals surface area (Å²) in [5, 5.41) is 0. The van der Waals surface area contributed by atoms with Crippen molar-refractivity contribution in [1.82, 2.24) is 0 Å². The number of hydrogen-bond donors (Lipinski definition) is 0. The Balaban J connectivity index is 1.62. The first kappa shape index (κ1) is 22.8. The van der Waals surface area contributed by atoms with Crippen LogP contribution in [0, 0.1) is 0 Å². The molecule has 0 N–H and O–H groups in total. The highest BCUT2D eigenvalue weighted by molar-refractivity contribution is 7.99. The summed E-state index contributed by atoms with van der Waals surface area (Å²) in [5.41, 5.74) is 3.98. The Morgan fingerprint density at radius 1 is 0.643 bits per heavy atom. The molecule has 0 aliphatic heterocycles. The summed E-state index contributed by atoms with van der Waals surface area (Å²) < 4.78 is 0. The van der Waals surface area contributed by atoms with Crippen LogP contribution in [0.3, 0.4) is 0 Å². The Hall–Kier alpha value is -1.47. The average molecular weight is 395 g/mol. The van der Waals surface area contributed by atoms with E-state index in [1.807, 2.05) is 0 Å². The van der Waals surface area contributed by atoms with Crippen molar-refractivity contribution in [2.75, 3.05) is 11.5 Å². The van der Waals surface area contributed by atoms with E-state index in [-0.39, 0.29) is 0 Å². The molecule has 0 spiro atoms. The van der Waals surface area contributed by atoms with E-state index in [1.54, 1.807) is 0 Å². The first-order valence-corrected chi connectivity index (χ1v) is 12.5. The standard InChI is InChI=1S/C27H38S/c1-2-3-4-5-6-7-8-9-10-17-23-28-24-22-27(25-18-13-11-14-19-25)26-20-15-12-16-21-26/h11-16,18-22H,2-10,17,23-24H2,1H3. The summed E-state index contributed by atoms with van der Waals surface area (Å²) in [4.78, 5) is 0. The number of benzene rings is 2. The third-order valence-corrected chi connectivity index (χ3v) is 6.20. The van der Waals surface area contributed by atoms with Crippen molar-refractivity contribution >= 4 is 17.3 Å². The highest BCUT2D eigenvalue weighted by atomic mass is 32.2. The van der Waals surface area contributed by atoms with Gasteiger partial charge in [-0.25, -0.2) is 0 Å². The van der Waals surface area contributed by atoms with Crippen LogP contribution in [0.1, 0.15) is 82.3 Å². The minimum atomic E-state index is 1.09. The summed E-state index contributed by atoms with van der Waals surface area (Å²) in [5.74, 6) is 2.38. The molecule has 0 heterocycles. The van der Waals surface area contributed by atoms with Gasteiger partial charge >= 0.3 is 0 Å². The van der Waals surface area contributed by atoms with Crippen LogP contribution < -0.4 is 0 Å². The molecule has 0 amide bonds. The SMILES string of the molecule is CCCCCCCCCCCCSCC=C(c1ccccc1)c1ccccc1. The molecule has 2 rings (SSSR count). The molecule has 0 atom stereocenters. The van der Waals surface area contributed by atoms with Crippen LogP contribution in [-0.2, 0) is 0 Å². The van der Waals surface area contributed by atoms with Gasteiger partial charge in [-0.1, -0.05) is 131 Å². The van der Waals surface area contributed by atoms with Gasteiger partial charge in [0.15, 0.2) is 0 Å². The van der Waals surface area contributed by atoms with Gasteiger partial charge in [-0.2, -0.15) is 11.8 Å². The molecule has 0 nitrogen and oxygen atoms in total. The van der Waals surface area contributed by atoms with Gasteiger partial charge in [0.05, 0.1) is 0 Å². The molecule has 0 aliphatic rings. The Bertz CT molecular complexity index is 588. The number of thioether (sulfide) groups is 1. The van der Waals surface area contributed by atoms with Gasteiger partial charge in [0.2, 0.25) is 0 Å². The molecular formula is C27H38S. The van der Waals surface area contributed by atoms with Crippen LogP contribution >= 0.6 is 11.8 Å². The van der Waals surface area contributed by atoms with Gasteiger partial charge in [0, 0.05) is 5.75 Å². The molecule has 0 aliphatic carbocycles. The largest absolute Gasteiger partial charge is 0.158 e. The molecule has 2 aromatic carbocycles. The lowest BCUT2D eigenvalue weighted by molar-refractivity contribution is 0.563. The zero-order valence-corrected chi connectivity index (χ0v) is 18.6. The maximum Gasteiger partial charge on any atom is 0.0122 e. The summed E-state index contributed by atoms with van der Waals surface area (Å²) in [7, 11) is 0. The number of hydrogen-bond acceptors (Lipinski definition) is 1. The highest BCUT2D eigenvalue weighted by Gasteiger charge is 2.03. The second-order valence-corrected chi connectivity index (χ2v) is 8.76. The molecule has 0 unspecified atom stereocenters. The van der Waals surface area contributed by atoms with Crippen LogP contribution in [0.2, 0.25) is 0 Å². The van der Waals surface area contributed by atoms with E-state index in [4.69, 9.17) is 0 Å². The third kappa shape index (κ3) is 9.64. The van der Waals surface area contributed by atoms with Gasteiger partial charge in [-0.05, 0) is 28.9 Å². The fourth-order valence-electron chi connectivity index (χ4n) is 3.55. The summed E-state index contributed by atoms with van der Waals surface area (Å²) in [6.07, 6.45) is 16.6. The molecular weight excluding hydrogens is 356 g/mol. The molecule has 0 radical (unpaired) electrons. The van der Waals surface area contributed by atoms with E-state index in [2.05, 4.69) is 85.4 Å². The minimum absolute atomic E-state index is 1.09. The van der Waals surface area contributed by atoms with Crippen molar-refractivity contribution < 1.29 is 0 Å². The lowest BCUT2D eigenvalue weighted by Crippen LogP contribution is -1.90. The molecule has 0 saturated heterocycles.